The summed E-state index contributed by atoms with van der Waals surface area (Å²) in [5, 5.41) is 5.43. The molecule has 7 heteroatoms. The Morgan fingerprint density at radius 3 is 2.47 bits per heavy atom. The van der Waals surface area contributed by atoms with Crippen molar-refractivity contribution >= 4 is 28.9 Å². The number of rotatable bonds is 5. The van der Waals surface area contributed by atoms with Gasteiger partial charge in [0.1, 0.15) is 5.52 Å². The van der Waals surface area contributed by atoms with Crippen LogP contribution in [-0.4, -0.2) is 36.4 Å². The number of nitrogens with one attached hydrogen (secondary N) is 2. The fourth-order valence-electron chi connectivity index (χ4n) is 3.61. The maximum atomic E-state index is 12.1. The number of amides is 2. The van der Waals surface area contributed by atoms with Gasteiger partial charge in [0, 0.05) is 26.2 Å². The van der Waals surface area contributed by atoms with Crippen LogP contribution in [0.15, 0.2) is 52.9 Å². The number of aryl methyl sites for hydroxylation is 1. The molecular weight excluding hydrogens is 380 g/mol. The maximum absolute atomic E-state index is 12.1. The first-order valence-corrected chi connectivity index (χ1v) is 10.3. The molecule has 3 aromatic rings. The number of para-hydroxylation sites is 2. The minimum atomic E-state index is -0.598. The van der Waals surface area contributed by atoms with Gasteiger partial charge in [-0.1, -0.05) is 42.0 Å². The largest absolute Gasteiger partial charge is 0.423 e. The van der Waals surface area contributed by atoms with E-state index in [0.717, 1.165) is 48.2 Å². The summed E-state index contributed by atoms with van der Waals surface area (Å²) in [5.41, 5.74) is 3.77. The molecular formula is C23H26N4O3. The zero-order valence-corrected chi connectivity index (χ0v) is 17.1. The van der Waals surface area contributed by atoms with Gasteiger partial charge in [-0.2, -0.15) is 4.98 Å². The number of aromatic nitrogens is 1. The third-order valence-electron chi connectivity index (χ3n) is 5.50. The third-order valence-corrected chi connectivity index (χ3v) is 5.50. The monoisotopic (exact) mass is 406 g/mol. The van der Waals surface area contributed by atoms with Gasteiger partial charge < -0.3 is 20.0 Å². The number of nitrogens with zero attached hydrogens (tertiary/aromatic N) is 2. The fourth-order valence-corrected chi connectivity index (χ4v) is 3.61. The van der Waals surface area contributed by atoms with Crippen LogP contribution in [0.25, 0.3) is 11.1 Å². The van der Waals surface area contributed by atoms with Gasteiger partial charge in [-0.3, -0.25) is 9.59 Å². The van der Waals surface area contributed by atoms with E-state index in [4.69, 9.17) is 4.42 Å². The van der Waals surface area contributed by atoms with Crippen molar-refractivity contribution in [1.82, 2.24) is 15.6 Å². The summed E-state index contributed by atoms with van der Waals surface area (Å²) in [6.45, 7) is 4.47. The Balaban J connectivity index is 1.19. The van der Waals surface area contributed by atoms with Gasteiger partial charge in [0.15, 0.2) is 5.58 Å². The maximum Gasteiger partial charge on any atom is 0.309 e. The SMILES string of the molecule is Cc1ccc(CNC(=O)C(=O)NCC2CCN(c3nc4ccccc4o3)CC2)cc1. The van der Waals surface area contributed by atoms with E-state index in [1.54, 1.807) is 0 Å². The molecule has 2 N–H and O–H groups in total. The van der Waals surface area contributed by atoms with Crippen molar-refractivity contribution in [3.05, 3.63) is 59.7 Å². The Labute approximate surface area is 175 Å². The van der Waals surface area contributed by atoms with Gasteiger partial charge in [0.05, 0.1) is 0 Å². The van der Waals surface area contributed by atoms with E-state index in [2.05, 4.69) is 20.5 Å². The standard InChI is InChI=1S/C23H26N4O3/c1-16-6-8-17(9-7-16)14-24-21(28)22(29)25-15-18-10-12-27(13-11-18)23-26-19-4-2-3-5-20(19)30-23/h2-9,18H,10-15H2,1H3,(H,24,28)(H,25,29). The molecule has 1 aliphatic rings. The lowest BCUT2D eigenvalue weighted by atomic mass is 9.97. The molecule has 156 valence electrons. The number of piperidine rings is 1. The van der Waals surface area contributed by atoms with Crippen molar-refractivity contribution in [3.8, 4) is 0 Å². The molecule has 0 aliphatic carbocycles. The summed E-state index contributed by atoms with van der Waals surface area (Å²) in [4.78, 5) is 30.8. The number of fused-ring (bicyclic) bond motifs is 1. The number of anilines is 1. The van der Waals surface area contributed by atoms with Crippen LogP contribution in [0.2, 0.25) is 0 Å². The molecule has 1 saturated heterocycles. The molecule has 2 amide bonds. The van der Waals surface area contributed by atoms with Gasteiger partial charge in [-0.05, 0) is 43.4 Å². The molecule has 2 heterocycles. The molecule has 7 nitrogen and oxygen atoms in total. The second kappa shape index (κ2) is 8.98. The van der Waals surface area contributed by atoms with E-state index in [9.17, 15) is 9.59 Å². The lowest BCUT2D eigenvalue weighted by Crippen LogP contribution is -2.43. The highest BCUT2D eigenvalue weighted by molar-refractivity contribution is 6.35. The van der Waals surface area contributed by atoms with Gasteiger partial charge in [-0.25, -0.2) is 0 Å². The second-order valence-electron chi connectivity index (χ2n) is 7.77. The quantitative estimate of drug-likeness (QED) is 0.636. The van der Waals surface area contributed by atoms with Gasteiger partial charge in [-0.15, -0.1) is 0 Å². The van der Waals surface area contributed by atoms with Crippen LogP contribution in [-0.2, 0) is 16.1 Å². The topological polar surface area (TPSA) is 87.5 Å². The molecule has 0 atom stereocenters. The number of hydrogen-bond donors (Lipinski definition) is 2. The minimum Gasteiger partial charge on any atom is -0.423 e. The van der Waals surface area contributed by atoms with Crippen molar-refractivity contribution in [2.24, 2.45) is 5.92 Å². The summed E-state index contributed by atoms with van der Waals surface area (Å²) in [7, 11) is 0. The van der Waals surface area contributed by atoms with Crippen molar-refractivity contribution < 1.29 is 14.0 Å². The first kappa shape index (κ1) is 19.9. The average molecular weight is 406 g/mol. The van der Waals surface area contributed by atoms with Crippen molar-refractivity contribution in [3.63, 3.8) is 0 Å². The molecule has 0 bridgehead atoms. The van der Waals surface area contributed by atoms with Crippen LogP contribution in [0.4, 0.5) is 6.01 Å². The predicted octanol–water partition coefficient (Wildman–Crippen LogP) is 2.79. The molecule has 4 rings (SSSR count). The summed E-state index contributed by atoms with van der Waals surface area (Å²) in [6.07, 6.45) is 1.81. The smallest absolute Gasteiger partial charge is 0.309 e. The first-order valence-electron chi connectivity index (χ1n) is 10.3. The molecule has 0 unspecified atom stereocenters. The van der Waals surface area contributed by atoms with Crippen molar-refractivity contribution in [1.29, 1.82) is 0 Å². The molecule has 0 radical (unpaired) electrons. The van der Waals surface area contributed by atoms with E-state index in [0.29, 0.717) is 25.0 Å². The summed E-state index contributed by atoms with van der Waals surface area (Å²) >= 11 is 0. The van der Waals surface area contributed by atoms with Crippen LogP contribution in [0.5, 0.6) is 0 Å². The lowest BCUT2D eigenvalue weighted by molar-refractivity contribution is -0.139. The fraction of sp³-hybridized carbons (Fsp3) is 0.348. The van der Waals surface area contributed by atoms with E-state index in [-0.39, 0.29) is 0 Å². The average Bonchev–Trinajstić information content (AvgIpc) is 3.21. The van der Waals surface area contributed by atoms with Crippen molar-refractivity contribution in [2.45, 2.75) is 26.3 Å². The van der Waals surface area contributed by atoms with Crippen LogP contribution in [0.3, 0.4) is 0 Å². The van der Waals surface area contributed by atoms with Crippen LogP contribution in [0, 0.1) is 12.8 Å². The van der Waals surface area contributed by atoms with Crippen LogP contribution >= 0.6 is 0 Å². The van der Waals surface area contributed by atoms with Crippen LogP contribution in [0.1, 0.15) is 24.0 Å². The number of carbonyl (C=O) groups excluding carboxylic acids is 2. The van der Waals surface area contributed by atoms with E-state index in [1.807, 2.05) is 55.5 Å². The molecule has 0 saturated carbocycles. The minimum absolute atomic E-state index is 0.333. The predicted molar refractivity (Wildman–Crippen MR) is 115 cm³/mol. The lowest BCUT2D eigenvalue weighted by Gasteiger charge is -2.30. The first-order chi connectivity index (χ1) is 14.6. The Bertz CT molecular complexity index is 987. The highest BCUT2D eigenvalue weighted by Gasteiger charge is 2.24. The summed E-state index contributed by atoms with van der Waals surface area (Å²) in [5.74, 6) is -0.845. The van der Waals surface area contributed by atoms with Gasteiger partial charge in [0.2, 0.25) is 0 Å². The highest BCUT2D eigenvalue weighted by Crippen LogP contribution is 2.26. The second-order valence-corrected chi connectivity index (χ2v) is 7.77. The van der Waals surface area contributed by atoms with Crippen LogP contribution < -0.4 is 15.5 Å². The Morgan fingerprint density at radius 1 is 1.03 bits per heavy atom. The van der Waals surface area contributed by atoms with E-state index < -0.39 is 11.8 Å². The zero-order chi connectivity index (χ0) is 20.9. The Hall–Kier alpha value is -3.35. The Morgan fingerprint density at radius 2 is 1.73 bits per heavy atom. The number of carbonyl (C=O) groups is 2. The number of benzene rings is 2. The molecule has 0 spiro atoms. The molecule has 1 fully saturated rings. The molecule has 2 aromatic carbocycles. The third kappa shape index (κ3) is 4.79. The summed E-state index contributed by atoms with van der Waals surface area (Å²) < 4.78 is 5.83. The van der Waals surface area contributed by atoms with Gasteiger partial charge in [0.25, 0.3) is 6.01 Å². The van der Waals surface area contributed by atoms with Gasteiger partial charge >= 0.3 is 11.8 Å². The number of oxazole rings is 1. The zero-order valence-electron chi connectivity index (χ0n) is 17.1. The van der Waals surface area contributed by atoms with E-state index in [1.165, 1.54) is 0 Å². The highest BCUT2D eigenvalue weighted by atomic mass is 16.4. The summed E-state index contributed by atoms with van der Waals surface area (Å²) in [6, 6.07) is 16.2. The van der Waals surface area contributed by atoms with Crippen molar-refractivity contribution in [2.75, 3.05) is 24.5 Å². The Kier molecular flexibility index (Phi) is 5.97. The molecule has 30 heavy (non-hydrogen) atoms. The number of hydrogen-bond acceptors (Lipinski definition) is 5. The molecule has 1 aliphatic heterocycles. The normalized spacial score (nSPS) is 14.6. The van der Waals surface area contributed by atoms with E-state index >= 15 is 0 Å². The molecule has 1 aromatic heterocycles.